The average Bonchev–Trinajstić information content (AvgIpc) is 2.52. The van der Waals surface area contributed by atoms with Gasteiger partial charge in [-0.2, -0.15) is 0 Å². The maximum Gasteiger partial charge on any atom is 0.0561 e. The SMILES string of the molecule is CCC1(C)CN(C/C(C)=C/Cl)C(C)(c2ccccc2)CN1. The van der Waals surface area contributed by atoms with Gasteiger partial charge in [-0.1, -0.05) is 48.9 Å². The quantitative estimate of drug-likeness (QED) is 0.900. The van der Waals surface area contributed by atoms with E-state index in [1.165, 1.54) is 11.1 Å². The molecule has 0 radical (unpaired) electrons. The predicted octanol–water partition coefficient (Wildman–Crippen LogP) is 4.12. The van der Waals surface area contributed by atoms with E-state index in [9.17, 15) is 0 Å². The zero-order valence-electron chi connectivity index (χ0n) is 13.6. The van der Waals surface area contributed by atoms with Crippen LogP contribution in [0.3, 0.4) is 0 Å². The van der Waals surface area contributed by atoms with Crippen LogP contribution in [0.5, 0.6) is 0 Å². The van der Waals surface area contributed by atoms with Gasteiger partial charge in [-0.15, -0.1) is 0 Å². The highest BCUT2D eigenvalue weighted by atomic mass is 35.5. The molecule has 2 atom stereocenters. The van der Waals surface area contributed by atoms with Crippen molar-refractivity contribution in [3.05, 3.63) is 47.0 Å². The van der Waals surface area contributed by atoms with Crippen molar-refractivity contribution in [2.45, 2.75) is 45.2 Å². The summed E-state index contributed by atoms with van der Waals surface area (Å²) in [7, 11) is 0. The molecule has 0 amide bonds. The molecule has 116 valence electrons. The summed E-state index contributed by atoms with van der Waals surface area (Å²) in [6.45, 7) is 11.9. The number of piperazine rings is 1. The van der Waals surface area contributed by atoms with Crippen molar-refractivity contribution < 1.29 is 0 Å². The highest BCUT2D eigenvalue weighted by Crippen LogP contribution is 2.34. The van der Waals surface area contributed by atoms with Gasteiger partial charge in [0.05, 0.1) is 5.54 Å². The molecule has 21 heavy (non-hydrogen) atoms. The third kappa shape index (κ3) is 3.50. The number of hydrogen-bond donors (Lipinski definition) is 1. The molecule has 0 aromatic heterocycles. The van der Waals surface area contributed by atoms with Crippen LogP contribution in [0.4, 0.5) is 0 Å². The molecule has 0 spiro atoms. The molecule has 1 aromatic carbocycles. The molecule has 1 aromatic rings. The van der Waals surface area contributed by atoms with E-state index in [1.807, 2.05) is 0 Å². The smallest absolute Gasteiger partial charge is 0.0561 e. The van der Waals surface area contributed by atoms with Gasteiger partial charge in [0.2, 0.25) is 0 Å². The van der Waals surface area contributed by atoms with Gasteiger partial charge in [0, 0.05) is 30.7 Å². The summed E-state index contributed by atoms with van der Waals surface area (Å²) >= 11 is 5.91. The fourth-order valence-corrected chi connectivity index (χ4v) is 3.10. The van der Waals surface area contributed by atoms with Crippen molar-refractivity contribution in [1.82, 2.24) is 10.2 Å². The molecule has 1 aliphatic rings. The van der Waals surface area contributed by atoms with E-state index in [1.54, 1.807) is 5.54 Å². The van der Waals surface area contributed by atoms with E-state index >= 15 is 0 Å². The zero-order valence-corrected chi connectivity index (χ0v) is 14.4. The Labute approximate surface area is 134 Å². The van der Waals surface area contributed by atoms with Crippen molar-refractivity contribution in [1.29, 1.82) is 0 Å². The maximum absolute atomic E-state index is 5.91. The van der Waals surface area contributed by atoms with Gasteiger partial charge in [0.15, 0.2) is 0 Å². The van der Waals surface area contributed by atoms with Crippen LogP contribution in [-0.4, -0.2) is 30.1 Å². The van der Waals surface area contributed by atoms with Gasteiger partial charge in [-0.3, -0.25) is 4.90 Å². The molecule has 1 aliphatic heterocycles. The monoisotopic (exact) mass is 306 g/mol. The summed E-state index contributed by atoms with van der Waals surface area (Å²) in [6.07, 6.45) is 1.12. The van der Waals surface area contributed by atoms with Crippen molar-refractivity contribution in [3.63, 3.8) is 0 Å². The van der Waals surface area contributed by atoms with Gasteiger partial charge < -0.3 is 5.32 Å². The molecule has 0 saturated carbocycles. The van der Waals surface area contributed by atoms with Crippen molar-refractivity contribution in [2.24, 2.45) is 0 Å². The topological polar surface area (TPSA) is 15.3 Å². The second kappa shape index (κ2) is 6.51. The predicted molar refractivity (Wildman–Crippen MR) is 91.7 cm³/mol. The third-order valence-corrected chi connectivity index (χ3v) is 5.27. The van der Waals surface area contributed by atoms with Crippen LogP contribution in [0.2, 0.25) is 0 Å². The lowest BCUT2D eigenvalue weighted by atomic mass is 9.82. The van der Waals surface area contributed by atoms with Crippen LogP contribution >= 0.6 is 11.6 Å². The second-order valence-corrected chi connectivity index (χ2v) is 6.94. The molecule has 1 heterocycles. The molecule has 2 unspecified atom stereocenters. The van der Waals surface area contributed by atoms with Gasteiger partial charge in [0.25, 0.3) is 0 Å². The zero-order chi connectivity index (χ0) is 15.5. The number of hydrogen-bond acceptors (Lipinski definition) is 2. The molecule has 0 aliphatic carbocycles. The largest absolute Gasteiger partial charge is 0.308 e. The molecular weight excluding hydrogens is 280 g/mol. The van der Waals surface area contributed by atoms with Crippen LogP contribution in [0, 0.1) is 0 Å². The third-order valence-electron chi connectivity index (χ3n) is 4.90. The lowest BCUT2D eigenvalue weighted by Gasteiger charge is -2.52. The minimum Gasteiger partial charge on any atom is -0.308 e. The Hall–Kier alpha value is -0.830. The van der Waals surface area contributed by atoms with Gasteiger partial charge in [-0.05, 0) is 38.3 Å². The van der Waals surface area contributed by atoms with Crippen molar-refractivity contribution in [2.75, 3.05) is 19.6 Å². The summed E-state index contributed by atoms with van der Waals surface area (Å²) in [5.41, 5.74) is 4.44. The molecule has 3 heteroatoms. The first-order chi connectivity index (χ1) is 9.93. The lowest BCUT2D eigenvalue weighted by molar-refractivity contribution is 0.0246. The molecule has 0 bridgehead atoms. The minimum absolute atomic E-state index is 0.00288. The summed E-state index contributed by atoms with van der Waals surface area (Å²) in [4.78, 5) is 2.57. The van der Waals surface area contributed by atoms with E-state index in [4.69, 9.17) is 11.6 Å². The molecule has 2 rings (SSSR count). The number of halogens is 1. The summed E-state index contributed by atoms with van der Waals surface area (Å²) < 4.78 is 0. The van der Waals surface area contributed by atoms with E-state index in [0.717, 1.165) is 26.1 Å². The number of benzene rings is 1. The maximum atomic E-state index is 5.91. The molecule has 2 nitrogen and oxygen atoms in total. The molecular formula is C18H27ClN2. The Morgan fingerprint density at radius 3 is 2.57 bits per heavy atom. The van der Waals surface area contributed by atoms with Crippen LogP contribution in [0.1, 0.15) is 39.7 Å². The molecule has 1 saturated heterocycles. The fourth-order valence-electron chi connectivity index (χ4n) is 3.03. The summed E-state index contributed by atoms with van der Waals surface area (Å²) in [5.74, 6) is 0. The first kappa shape index (κ1) is 16.5. The van der Waals surface area contributed by atoms with Crippen LogP contribution in [0.25, 0.3) is 0 Å². The Morgan fingerprint density at radius 1 is 1.33 bits per heavy atom. The molecule has 1 N–H and O–H groups in total. The fraction of sp³-hybridized carbons (Fsp3) is 0.556. The highest BCUT2D eigenvalue weighted by Gasteiger charge is 2.42. The van der Waals surface area contributed by atoms with Crippen molar-refractivity contribution in [3.8, 4) is 0 Å². The normalized spacial score (nSPS) is 31.4. The molecule has 1 fully saturated rings. The Bertz CT molecular complexity index is 499. The standard InChI is InChI=1S/C18H27ClN2/c1-5-17(3)14-21(12-15(2)11-19)18(4,13-20-17)16-9-7-6-8-10-16/h6-11,20H,5,12-14H2,1-4H3/b15-11+. The summed E-state index contributed by atoms with van der Waals surface area (Å²) in [6, 6.07) is 10.8. The first-order valence-corrected chi connectivity index (χ1v) is 8.18. The van der Waals surface area contributed by atoms with Crippen LogP contribution < -0.4 is 5.32 Å². The Kier molecular flexibility index (Phi) is 5.13. The van der Waals surface area contributed by atoms with E-state index < -0.39 is 0 Å². The Morgan fingerprint density at radius 2 is 2.00 bits per heavy atom. The van der Waals surface area contributed by atoms with Crippen LogP contribution in [0.15, 0.2) is 41.4 Å². The lowest BCUT2D eigenvalue weighted by Crippen LogP contribution is -2.66. The van der Waals surface area contributed by atoms with E-state index in [0.29, 0.717) is 0 Å². The van der Waals surface area contributed by atoms with Crippen molar-refractivity contribution >= 4 is 11.6 Å². The highest BCUT2D eigenvalue weighted by molar-refractivity contribution is 6.25. The van der Waals surface area contributed by atoms with E-state index in [-0.39, 0.29) is 11.1 Å². The second-order valence-electron chi connectivity index (χ2n) is 6.72. The van der Waals surface area contributed by atoms with Gasteiger partial charge in [0.1, 0.15) is 0 Å². The number of nitrogens with one attached hydrogen (secondary N) is 1. The van der Waals surface area contributed by atoms with Gasteiger partial charge in [-0.25, -0.2) is 0 Å². The summed E-state index contributed by atoms with van der Waals surface area (Å²) in [5, 5.41) is 3.76. The van der Waals surface area contributed by atoms with E-state index in [2.05, 4.69) is 68.2 Å². The first-order valence-electron chi connectivity index (χ1n) is 7.75. The number of nitrogens with zero attached hydrogens (tertiary/aromatic N) is 1. The Balaban J connectivity index is 2.34. The average molecular weight is 307 g/mol. The van der Waals surface area contributed by atoms with Crippen LogP contribution in [-0.2, 0) is 5.54 Å². The van der Waals surface area contributed by atoms with Gasteiger partial charge >= 0.3 is 0 Å². The minimum atomic E-state index is -0.00288. The number of rotatable bonds is 4.